The highest BCUT2D eigenvalue weighted by molar-refractivity contribution is 6.18. The molecule has 1 nitrogen and oxygen atoms in total. The van der Waals surface area contributed by atoms with E-state index in [2.05, 4.69) is 19.2 Å². The molecule has 0 amide bonds. The average molecular weight is 232 g/mol. The fourth-order valence-corrected chi connectivity index (χ4v) is 2.74. The first-order valence-corrected chi connectivity index (χ1v) is 7.08. The molecule has 0 saturated heterocycles. The summed E-state index contributed by atoms with van der Waals surface area (Å²) in [5.41, 5.74) is 0. The number of hydrogen-bond donors (Lipinski definition) is 1. The summed E-state index contributed by atoms with van der Waals surface area (Å²) in [6.07, 6.45) is 9.56. The van der Waals surface area contributed by atoms with Gasteiger partial charge in [0.2, 0.25) is 0 Å². The summed E-state index contributed by atoms with van der Waals surface area (Å²) in [5.74, 6) is 1.50. The van der Waals surface area contributed by atoms with E-state index in [0.717, 1.165) is 17.8 Å². The maximum atomic E-state index is 6.01. The van der Waals surface area contributed by atoms with Crippen LogP contribution in [0.15, 0.2) is 0 Å². The minimum absolute atomic E-state index is 0.523. The molecular formula is C13H26ClN. The Labute approximate surface area is 100.0 Å². The SMILES string of the molecule is CC(C)CC(CCl)NC1CCCCCC1. The molecule has 1 rings (SSSR count). The molecule has 0 aromatic heterocycles. The Bertz CT molecular complexity index is 151. The van der Waals surface area contributed by atoms with E-state index in [1.54, 1.807) is 0 Å². The molecule has 1 aliphatic carbocycles. The van der Waals surface area contributed by atoms with Crippen LogP contribution >= 0.6 is 11.6 Å². The lowest BCUT2D eigenvalue weighted by atomic mass is 10.0. The van der Waals surface area contributed by atoms with Gasteiger partial charge in [-0.2, -0.15) is 0 Å². The van der Waals surface area contributed by atoms with Crippen molar-refractivity contribution in [1.82, 2.24) is 5.32 Å². The fourth-order valence-electron chi connectivity index (χ4n) is 2.52. The lowest BCUT2D eigenvalue weighted by molar-refractivity contribution is 0.368. The van der Waals surface area contributed by atoms with Crippen molar-refractivity contribution in [2.24, 2.45) is 5.92 Å². The third-order valence-electron chi connectivity index (χ3n) is 3.27. The lowest BCUT2D eigenvalue weighted by Gasteiger charge is -2.24. The van der Waals surface area contributed by atoms with E-state index < -0.39 is 0 Å². The van der Waals surface area contributed by atoms with Gasteiger partial charge in [0.1, 0.15) is 0 Å². The van der Waals surface area contributed by atoms with Crippen LogP contribution in [0, 0.1) is 5.92 Å². The quantitative estimate of drug-likeness (QED) is 0.558. The zero-order valence-electron chi connectivity index (χ0n) is 10.3. The topological polar surface area (TPSA) is 12.0 Å². The van der Waals surface area contributed by atoms with Crippen LogP contribution in [0.2, 0.25) is 0 Å². The third kappa shape index (κ3) is 5.77. The number of nitrogens with one attached hydrogen (secondary N) is 1. The highest BCUT2D eigenvalue weighted by Gasteiger charge is 2.17. The first-order valence-electron chi connectivity index (χ1n) is 6.54. The van der Waals surface area contributed by atoms with Gasteiger partial charge < -0.3 is 5.32 Å². The molecule has 0 aromatic rings. The molecule has 0 spiro atoms. The zero-order chi connectivity index (χ0) is 11.1. The van der Waals surface area contributed by atoms with Crippen molar-refractivity contribution in [2.45, 2.75) is 70.9 Å². The minimum Gasteiger partial charge on any atom is -0.310 e. The Balaban J connectivity index is 2.28. The van der Waals surface area contributed by atoms with Gasteiger partial charge in [-0.05, 0) is 25.2 Å². The summed E-state index contributed by atoms with van der Waals surface area (Å²) in [7, 11) is 0. The number of rotatable bonds is 5. The first kappa shape index (κ1) is 13.3. The highest BCUT2D eigenvalue weighted by atomic mass is 35.5. The predicted molar refractivity (Wildman–Crippen MR) is 68.6 cm³/mol. The van der Waals surface area contributed by atoms with Gasteiger partial charge in [-0.1, -0.05) is 39.5 Å². The molecule has 90 valence electrons. The number of alkyl halides is 1. The van der Waals surface area contributed by atoms with Gasteiger partial charge >= 0.3 is 0 Å². The normalized spacial score (nSPS) is 21.6. The summed E-state index contributed by atoms with van der Waals surface area (Å²) < 4.78 is 0. The van der Waals surface area contributed by atoms with Gasteiger partial charge in [-0.15, -0.1) is 11.6 Å². The van der Waals surface area contributed by atoms with Gasteiger partial charge in [0, 0.05) is 18.0 Å². The predicted octanol–water partition coefficient (Wildman–Crippen LogP) is 3.95. The van der Waals surface area contributed by atoms with Crippen LogP contribution < -0.4 is 5.32 Å². The monoisotopic (exact) mass is 231 g/mol. The smallest absolute Gasteiger partial charge is 0.0377 e. The zero-order valence-corrected chi connectivity index (χ0v) is 11.0. The van der Waals surface area contributed by atoms with Crippen LogP contribution in [0.5, 0.6) is 0 Å². The maximum Gasteiger partial charge on any atom is 0.0377 e. The van der Waals surface area contributed by atoms with Crippen molar-refractivity contribution in [3.05, 3.63) is 0 Å². The molecule has 1 atom stereocenters. The molecule has 0 aliphatic heterocycles. The Morgan fingerprint density at radius 1 is 1.13 bits per heavy atom. The van der Waals surface area contributed by atoms with Crippen LogP contribution in [-0.4, -0.2) is 18.0 Å². The summed E-state index contributed by atoms with van der Waals surface area (Å²) >= 11 is 6.01. The van der Waals surface area contributed by atoms with Gasteiger partial charge in [-0.3, -0.25) is 0 Å². The number of hydrogen-bond acceptors (Lipinski definition) is 1. The van der Waals surface area contributed by atoms with Crippen LogP contribution in [-0.2, 0) is 0 Å². The van der Waals surface area contributed by atoms with Gasteiger partial charge in [0.05, 0.1) is 0 Å². The second kappa shape index (κ2) is 7.51. The average Bonchev–Trinajstić information content (AvgIpc) is 2.44. The second-order valence-corrected chi connectivity index (χ2v) is 5.64. The third-order valence-corrected chi connectivity index (χ3v) is 3.64. The van der Waals surface area contributed by atoms with E-state index in [-0.39, 0.29) is 0 Å². The Morgan fingerprint density at radius 2 is 1.73 bits per heavy atom. The maximum absolute atomic E-state index is 6.01. The van der Waals surface area contributed by atoms with Crippen molar-refractivity contribution in [3.63, 3.8) is 0 Å². The van der Waals surface area contributed by atoms with Gasteiger partial charge in [-0.25, -0.2) is 0 Å². The van der Waals surface area contributed by atoms with Crippen molar-refractivity contribution in [2.75, 3.05) is 5.88 Å². The molecule has 1 unspecified atom stereocenters. The molecule has 1 saturated carbocycles. The minimum atomic E-state index is 0.523. The van der Waals surface area contributed by atoms with E-state index in [9.17, 15) is 0 Å². The van der Waals surface area contributed by atoms with Gasteiger partial charge in [0.25, 0.3) is 0 Å². The van der Waals surface area contributed by atoms with Crippen LogP contribution in [0.25, 0.3) is 0 Å². The summed E-state index contributed by atoms with van der Waals surface area (Å²) in [6.45, 7) is 4.54. The van der Waals surface area contributed by atoms with Crippen molar-refractivity contribution < 1.29 is 0 Å². The van der Waals surface area contributed by atoms with E-state index in [0.29, 0.717) is 6.04 Å². The summed E-state index contributed by atoms with van der Waals surface area (Å²) in [5, 5.41) is 3.74. The Morgan fingerprint density at radius 3 is 2.20 bits per heavy atom. The molecule has 1 fully saturated rings. The molecular weight excluding hydrogens is 206 g/mol. The second-order valence-electron chi connectivity index (χ2n) is 5.34. The van der Waals surface area contributed by atoms with Crippen molar-refractivity contribution in [3.8, 4) is 0 Å². The van der Waals surface area contributed by atoms with E-state index >= 15 is 0 Å². The Hall–Kier alpha value is 0.250. The molecule has 1 aliphatic rings. The lowest BCUT2D eigenvalue weighted by Crippen LogP contribution is -2.40. The standard InChI is InChI=1S/C13H26ClN/c1-11(2)9-13(10-14)15-12-7-5-3-4-6-8-12/h11-13,15H,3-10H2,1-2H3. The van der Waals surface area contributed by atoms with Crippen LogP contribution in [0.4, 0.5) is 0 Å². The van der Waals surface area contributed by atoms with Crippen molar-refractivity contribution >= 4 is 11.6 Å². The first-order chi connectivity index (χ1) is 7.22. The molecule has 0 heterocycles. The Kier molecular flexibility index (Phi) is 6.67. The number of halogens is 1. The summed E-state index contributed by atoms with van der Waals surface area (Å²) in [6, 6.07) is 1.25. The van der Waals surface area contributed by atoms with Gasteiger partial charge in [0.15, 0.2) is 0 Å². The van der Waals surface area contributed by atoms with Crippen LogP contribution in [0.3, 0.4) is 0 Å². The molecule has 2 heteroatoms. The highest BCUT2D eigenvalue weighted by Crippen LogP contribution is 2.18. The largest absolute Gasteiger partial charge is 0.310 e. The molecule has 15 heavy (non-hydrogen) atoms. The molecule has 1 N–H and O–H groups in total. The van der Waals surface area contributed by atoms with E-state index in [1.165, 1.54) is 44.9 Å². The molecule has 0 radical (unpaired) electrons. The van der Waals surface area contributed by atoms with Crippen molar-refractivity contribution in [1.29, 1.82) is 0 Å². The van der Waals surface area contributed by atoms with E-state index in [4.69, 9.17) is 11.6 Å². The van der Waals surface area contributed by atoms with Crippen LogP contribution in [0.1, 0.15) is 58.8 Å². The van der Waals surface area contributed by atoms with E-state index in [1.807, 2.05) is 0 Å². The summed E-state index contributed by atoms with van der Waals surface area (Å²) in [4.78, 5) is 0. The fraction of sp³-hybridized carbons (Fsp3) is 1.00. The molecule has 0 bridgehead atoms. The molecule has 0 aromatic carbocycles.